The molecule has 1 aromatic rings. The van der Waals surface area contributed by atoms with E-state index in [0.29, 0.717) is 12.8 Å². The zero-order valence-electron chi connectivity index (χ0n) is 22.1. The van der Waals surface area contributed by atoms with E-state index in [0.717, 1.165) is 16.7 Å². The van der Waals surface area contributed by atoms with E-state index >= 15 is 0 Å². The van der Waals surface area contributed by atoms with Gasteiger partial charge in [-0.1, -0.05) is 55.0 Å². The van der Waals surface area contributed by atoms with Crippen LogP contribution in [0.4, 0.5) is 0 Å². The van der Waals surface area contributed by atoms with Crippen molar-refractivity contribution in [3.05, 3.63) is 71.3 Å². The molecule has 1 aliphatic heterocycles. The van der Waals surface area contributed by atoms with Crippen LogP contribution in [0.2, 0.25) is 0 Å². The SMILES string of the molecule is CC(=O)O[C@@H]1/C=C/[C@@](C)(O)C(=O)[C@@H](C)C/C=C/[C@H]2[C@H](O)C(C)=C(C)[C@H]3[C@H](Cc4ccccc4)NC(=O)[C@]123. The predicted octanol–water partition coefficient (Wildman–Crippen LogP) is 3.06. The summed E-state index contributed by atoms with van der Waals surface area (Å²) in [6.45, 7) is 8.20. The monoisotopic (exact) mass is 507 g/mol. The lowest BCUT2D eigenvalue weighted by Gasteiger charge is -2.49. The van der Waals surface area contributed by atoms with Crippen LogP contribution in [0.15, 0.2) is 65.8 Å². The molecular formula is C30H37NO6. The van der Waals surface area contributed by atoms with Gasteiger partial charge in [0.2, 0.25) is 5.91 Å². The Kier molecular flexibility index (Phi) is 7.32. The number of ether oxygens (including phenoxy) is 1. The highest BCUT2D eigenvalue weighted by Crippen LogP contribution is 2.57. The van der Waals surface area contributed by atoms with Crippen LogP contribution in [0, 0.1) is 23.2 Å². The molecule has 198 valence electrons. The standard InChI is InChI=1S/C30H37NO6/c1-17-10-9-13-22-26(33)19(3)18(2)25-23(16-21-11-7-6-8-12-21)31-28(35)30(22,25)24(37-20(4)32)14-15-29(5,36)27(17)34/h6-9,11-15,17,22-26,33,36H,10,16H2,1-5H3,(H,31,35)/b13-9+,15-14+/t17-,22-,23-,24+,25-,26+,29+,30-/m0/s1. The lowest BCUT2D eigenvalue weighted by Crippen LogP contribution is -2.58. The molecule has 7 heteroatoms. The topological polar surface area (TPSA) is 113 Å². The lowest BCUT2D eigenvalue weighted by atomic mass is 9.54. The van der Waals surface area contributed by atoms with Gasteiger partial charge in [-0.05, 0) is 56.9 Å². The first kappa shape index (κ1) is 27.0. The van der Waals surface area contributed by atoms with E-state index in [1.807, 2.05) is 44.2 Å². The van der Waals surface area contributed by atoms with Crippen molar-refractivity contribution in [2.75, 3.05) is 0 Å². The summed E-state index contributed by atoms with van der Waals surface area (Å²) < 4.78 is 5.82. The molecule has 0 radical (unpaired) electrons. The fraction of sp³-hybridized carbons (Fsp3) is 0.500. The summed E-state index contributed by atoms with van der Waals surface area (Å²) in [7, 11) is 0. The van der Waals surface area contributed by atoms with Crippen LogP contribution in [0.5, 0.6) is 0 Å². The average Bonchev–Trinajstić information content (AvgIpc) is 3.13. The molecule has 1 spiro atoms. The minimum Gasteiger partial charge on any atom is -0.457 e. The van der Waals surface area contributed by atoms with Crippen LogP contribution in [0.1, 0.15) is 46.6 Å². The zero-order valence-corrected chi connectivity index (χ0v) is 22.1. The number of esters is 1. The maximum atomic E-state index is 14.2. The molecule has 0 unspecified atom stereocenters. The average molecular weight is 508 g/mol. The third kappa shape index (κ3) is 4.59. The first-order valence-electron chi connectivity index (χ1n) is 12.9. The predicted molar refractivity (Wildman–Crippen MR) is 139 cm³/mol. The van der Waals surface area contributed by atoms with Crippen molar-refractivity contribution in [1.29, 1.82) is 0 Å². The van der Waals surface area contributed by atoms with Crippen molar-refractivity contribution < 1.29 is 29.3 Å². The molecule has 3 N–H and O–H groups in total. The van der Waals surface area contributed by atoms with Crippen LogP contribution >= 0.6 is 0 Å². The van der Waals surface area contributed by atoms with E-state index in [4.69, 9.17) is 4.74 Å². The van der Waals surface area contributed by atoms with E-state index < -0.39 is 46.9 Å². The summed E-state index contributed by atoms with van der Waals surface area (Å²) in [6.07, 6.45) is 5.17. The number of nitrogens with one attached hydrogen (secondary N) is 1. The molecule has 37 heavy (non-hydrogen) atoms. The number of allylic oxidation sites excluding steroid dienone is 1. The van der Waals surface area contributed by atoms with Crippen molar-refractivity contribution in [3.8, 4) is 0 Å². The molecule has 4 rings (SSSR count). The molecule has 7 nitrogen and oxygen atoms in total. The summed E-state index contributed by atoms with van der Waals surface area (Å²) in [4.78, 5) is 39.5. The van der Waals surface area contributed by atoms with E-state index in [9.17, 15) is 24.6 Å². The molecule has 8 atom stereocenters. The smallest absolute Gasteiger partial charge is 0.303 e. The van der Waals surface area contributed by atoms with Crippen molar-refractivity contribution in [2.45, 2.75) is 71.3 Å². The molecule has 1 saturated heterocycles. The molecule has 1 heterocycles. The number of hydrogen-bond donors (Lipinski definition) is 3. The highest BCUT2D eigenvalue weighted by Gasteiger charge is 2.67. The minimum absolute atomic E-state index is 0.314. The highest BCUT2D eigenvalue weighted by atomic mass is 16.5. The van der Waals surface area contributed by atoms with Gasteiger partial charge >= 0.3 is 5.97 Å². The summed E-state index contributed by atoms with van der Waals surface area (Å²) >= 11 is 0. The number of aliphatic hydroxyl groups is 2. The highest BCUT2D eigenvalue weighted by molar-refractivity contribution is 5.91. The van der Waals surface area contributed by atoms with Crippen LogP contribution in [0.3, 0.4) is 0 Å². The number of Topliss-reactive ketones (excluding diaryl/α,β-unsaturated/α-hetero) is 1. The van der Waals surface area contributed by atoms with Crippen molar-refractivity contribution in [1.82, 2.24) is 5.32 Å². The molecule has 0 saturated carbocycles. The van der Waals surface area contributed by atoms with Gasteiger partial charge in [-0.2, -0.15) is 0 Å². The second kappa shape index (κ2) is 10.0. The zero-order chi connectivity index (χ0) is 27.1. The van der Waals surface area contributed by atoms with Gasteiger partial charge < -0.3 is 20.3 Å². The van der Waals surface area contributed by atoms with Crippen LogP contribution < -0.4 is 5.32 Å². The first-order valence-corrected chi connectivity index (χ1v) is 12.9. The Balaban J connectivity index is 1.96. The summed E-state index contributed by atoms with van der Waals surface area (Å²) in [6, 6.07) is 9.52. The quantitative estimate of drug-likeness (QED) is 0.428. The lowest BCUT2D eigenvalue weighted by molar-refractivity contribution is -0.161. The number of amides is 1. The van der Waals surface area contributed by atoms with Gasteiger partial charge in [-0.3, -0.25) is 14.4 Å². The maximum absolute atomic E-state index is 14.2. The molecule has 2 aliphatic carbocycles. The van der Waals surface area contributed by atoms with Gasteiger partial charge in [0.05, 0.1) is 6.10 Å². The summed E-state index contributed by atoms with van der Waals surface area (Å²) in [5.74, 6) is -2.92. The van der Waals surface area contributed by atoms with E-state index in [2.05, 4.69) is 5.32 Å². The van der Waals surface area contributed by atoms with Crippen LogP contribution in [-0.2, 0) is 25.5 Å². The Hall–Kier alpha value is -3.03. The molecule has 1 aromatic carbocycles. The Bertz CT molecular complexity index is 1170. The Morgan fingerprint density at radius 3 is 2.46 bits per heavy atom. The van der Waals surface area contributed by atoms with Gasteiger partial charge in [-0.25, -0.2) is 0 Å². The number of aliphatic hydroxyl groups excluding tert-OH is 1. The Morgan fingerprint density at radius 2 is 1.81 bits per heavy atom. The normalized spacial score (nSPS) is 39.6. The maximum Gasteiger partial charge on any atom is 0.303 e. The second-order valence-electron chi connectivity index (χ2n) is 11.0. The fourth-order valence-electron chi connectivity index (χ4n) is 6.54. The molecule has 3 aliphatic rings. The van der Waals surface area contributed by atoms with Gasteiger partial charge in [0.1, 0.15) is 17.1 Å². The Morgan fingerprint density at radius 1 is 1.14 bits per heavy atom. The number of carbonyl (C=O) groups is 3. The van der Waals surface area contributed by atoms with E-state index in [1.165, 1.54) is 26.0 Å². The van der Waals surface area contributed by atoms with Gasteiger partial charge in [0, 0.05) is 30.7 Å². The van der Waals surface area contributed by atoms with Gasteiger partial charge in [-0.15, -0.1) is 0 Å². The summed E-state index contributed by atoms with van der Waals surface area (Å²) in [5.41, 5.74) is -0.500. The molecule has 1 amide bonds. The number of ketones is 1. The molecule has 0 bridgehead atoms. The number of hydrogen-bond acceptors (Lipinski definition) is 6. The van der Waals surface area contributed by atoms with Crippen molar-refractivity contribution >= 4 is 17.7 Å². The van der Waals surface area contributed by atoms with E-state index in [-0.39, 0.29) is 17.7 Å². The molecule has 0 aromatic heterocycles. The van der Waals surface area contributed by atoms with Gasteiger partial charge in [0.25, 0.3) is 0 Å². The fourth-order valence-corrected chi connectivity index (χ4v) is 6.54. The second-order valence-corrected chi connectivity index (χ2v) is 11.0. The van der Waals surface area contributed by atoms with E-state index in [1.54, 1.807) is 19.1 Å². The van der Waals surface area contributed by atoms with Crippen molar-refractivity contribution in [3.63, 3.8) is 0 Å². The largest absolute Gasteiger partial charge is 0.457 e. The number of benzene rings is 1. The van der Waals surface area contributed by atoms with Crippen molar-refractivity contribution in [2.24, 2.45) is 23.2 Å². The Labute approximate surface area is 218 Å². The summed E-state index contributed by atoms with van der Waals surface area (Å²) in [5, 5.41) is 25.7. The minimum atomic E-state index is -1.82. The van der Waals surface area contributed by atoms with Gasteiger partial charge in [0.15, 0.2) is 5.78 Å². The van der Waals surface area contributed by atoms with Crippen LogP contribution in [-0.4, -0.2) is 51.7 Å². The third-order valence-electron chi connectivity index (χ3n) is 8.49. The molecular weight excluding hydrogens is 470 g/mol. The molecule has 1 fully saturated rings. The number of carbonyl (C=O) groups excluding carboxylic acids is 3. The third-order valence-corrected chi connectivity index (χ3v) is 8.49. The number of rotatable bonds is 3. The van der Waals surface area contributed by atoms with Crippen LogP contribution in [0.25, 0.3) is 0 Å². The first-order chi connectivity index (χ1) is 17.4.